The SMILES string of the molecule is N#Cc1ccc(C2(NC(=O)C(F)(F)F)CC2)cn1. The average Bonchev–Trinajstić information content (AvgIpc) is 3.09. The first-order valence-electron chi connectivity index (χ1n) is 5.13. The number of rotatable bonds is 2. The van der Waals surface area contributed by atoms with E-state index in [4.69, 9.17) is 5.26 Å². The van der Waals surface area contributed by atoms with Crippen molar-refractivity contribution in [1.82, 2.24) is 10.3 Å². The van der Waals surface area contributed by atoms with Crippen molar-refractivity contribution >= 4 is 5.91 Å². The molecule has 0 spiro atoms. The highest BCUT2D eigenvalue weighted by Gasteiger charge is 2.51. The van der Waals surface area contributed by atoms with Crippen LogP contribution in [0, 0.1) is 11.3 Å². The largest absolute Gasteiger partial charge is 0.471 e. The minimum absolute atomic E-state index is 0.177. The number of nitriles is 1. The van der Waals surface area contributed by atoms with Crippen LogP contribution in [0.2, 0.25) is 0 Å². The molecule has 1 heterocycles. The molecule has 0 saturated heterocycles. The number of pyridine rings is 1. The second-order valence-electron chi connectivity index (χ2n) is 4.08. The summed E-state index contributed by atoms with van der Waals surface area (Å²) in [6.07, 6.45) is -2.71. The summed E-state index contributed by atoms with van der Waals surface area (Å²) in [5.41, 5.74) is -0.316. The van der Waals surface area contributed by atoms with Gasteiger partial charge in [0.15, 0.2) is 0 Å². The van der Waals surface area contributed by atoms with E-state index in [1.807, 2.05) is 11.4 Å². The van der Waals surface area contributed by atoms with Crippen molar-refractivity contribution in [2.24, 2.45) is 0 Å². The first-order chi connectivity index (χ1) is 8.37. The van der Waals surface area contributed by atoms with Gasteiger partial charge in [0, 0.05) is 6.20 Å². The van der Waals surface area contributed by atoms with Crippen molar-refractivity contribution in [1.29, 1.82) is 5.26 Å². The van der Waals surface area contributed by atoms with Gasteiger partial charge in [-0.25, -0.2) is 4.98 Å². The zero-order chi connectivity index (χ0) is 13.4. The van der Waals surface area contributed by atoms with Gasteiger partial charge in [-0.05, 0) is 24.5 Å². The summed E-state index contributed by atoms with van der Waals surface area (Å²) in [4.78, 5) is 14.7. The van der Waals surface area contributed by atoms with Gasteiger partial charge in [-0.2, -0.15) is 18.4 Å². The van der Waals surface area contributed by atoms with E-state index < -0.39 is 17.6 Å². The van der Waals surface area contributed by atoms with Gasteiger partial charge >= 0.3 is 12.1 Å². The van der Waals surface area contributed by atoms with Gasteiger partial charge in [0.05, 0.1) is 5.54 Å². The lowest BCUT2D eigenvalue weighted by Gasteiger charge is -2.18. The van der Waals surface area contributed by atoms with Crippen LogP contribution in [0.15, 0.2) is 18.3 Å². The maximum atomic E-state index is 12.2. The number of carbonyl (C=O) groups excluding carboxylic acids is 1. The topological polar surface area (TPSA) is 65.8 Å². The number of hydrogen-bond donors (Lipinski definition) is 1. The zero-order valence-electron chi connectivity index (χ0n) is 9.08. The summed E-state index contributed by atoms with van der Waals surface area (Å²) >= 11 is 0. The summed E-state index contributed by atoms with van der Waals surface area (Å²) in [5, 5.41) is 10.5. The maximum absolute atomic E-state index is 12.2. The molecule has 1 aliphatic carbocycles. The van der Waals surface area contributed by atoms with Crippen LogP contribution in [0.5, 0.6) is 0 Å². The lowest BCUT2D eigenvalue weighted by Crippen LogP contribution is -2.43. The standard InChI is InChI=1S/C11H8F3N3O/c12-11(13,14)9(18)17-10(3-4-10)7-1-2-8(5-15)16-6-7/h1-2,6H,3-4H2,(H,17,18). The van der Waals surface area contributed by atoms with E-state index >= 15 is 0 Å². The molecule has 0 radical (unpaired) electrons. The summed E-state index contributed by atoms with van der Waals surface area (Å²) in [6, 6.07) is 4.73. The van der Waals surface area contributed by atoms with Gasteiger partial charge in [-0.3, -0.25) is 4.79 Å². The van der Waals surface area contributed by atoms with Crippen molar-refractivity contribution in [2.45, 2.75) is 24.6 Å². The average molecular weight is 255 g/mol. The minimum atomic E-state index is -4.89. The fraction of sp³-hybridized carbons (Fsp3) is 0.364. The molecule has 1 aromatic rings. The number of amides is 1. The van der Waals surface area contributed by atoms with Crippen molar-refractivity contribution in [2.75, 3.05) is 0 Å². The second-order valence-corrected chi connectivity index (χ2v) is 4.08. The van der Waals surface area contributed by atoms with Gasteiger partial charge in [0.25, 0.3) is 0 Å². The molecule has 0 bridgehead atoms. The molecule has 7 heteroatoms. The molecule has 18 heavy (non-hydrogen) atoms. The van der Waals surface area contributed by atoms with Crippen LogP contribution >= 0.6 is 0 Å². The highest BCUT2D eigenvalue weighted by Crippen LogP contribution is 2.45. The summed E-state index contributed by atoms with van der Waals surface area (Å²) in [5.74, 6) is -1.95. The molecule has 1 amide bonds. The number of carbonyl (C=O) groups is 1. The molecule has 0 atom stereocenters. The van der Waals surface area contributed by atoms with E-state index in [1.165, 1.54) is 18.3 Å². The minimum Gasteiger partial charge on any atom is -0.339 e. The summed E-state index contributed by atoms with van der Waals surface area (Å²) in [6.45, 7) is 0. The maximum Gasteiger partial charge on any atom is 0.471 e. The quantitative estimate of drug-likeness (QED) is 0.873. The molecule has 2 rings (SSSR count). The Balaban J connectivity index is 2.17. The Labute approximate surface area is 100 Å². The van der Waals surface area contributed by atoms with E-state index in [9.17, 15) is 18.0 Å². The molecule has 1 N–H and O–H groups in total. The van der Waals surface area contributed by atoms with Gasteiger partial charge in [0.2, 0.25) is 0 Å². The van der Waals surface area contributed by atoms with Crippen LogP contribution in [0.3, 0.4) is 0 Å². The molecule has 0 aliphatic heterocycles. The number of aromatic nitrogens is 1. The monoisotopic (exact) mass is 255 g/mol. The second kappa shape index (κ2) is 3.98. The Morgan fingerprint density at radius 1 is 1.44 bits per heavy atom. The molecule has 1 aromatic heterocycles. The van der Waals surface area contributed by atoms with Crippen LogP contribution in [0.25, 0.3) is 0 Å². The lowest BCUT2D eigenvalue weighted by molar-refractivity contribution is -0.174. The number of nitrogens with one attached hydrogen (secondary N) is 1. The molecule has 1 aliphatic rings. The molecule has 1 fully saturated rings. The third kappa shape index (κ3) is 2.27. The Morgan fingerprint density at radius 3 is 2.50 bits per heavy atom. The molecular weight excluding hydrogens is 247 g/mol. The normalized spacial score (nSPS) is 16.8. The van der Waals surface area contributed by atoms with E-state index in [2.05, 4.69) is 4.98 Å². The Hall–Kier alpha value is -2.10. The van der Waals surface area contributed by atoms with Crippen LogP contribution in [-0.2, 0) is 10.3 Å². The van der Waals surface area contributed by atoms with Gasteiger partial charge in [-0.15, -0.1) is 0 Å². The Morgan fingerprint density at radius 2 is 2.11 bits per heavy atom. The van der Waals surface area contributed by atoms with Crippen molar-refractivity contribution in [3.63, 3.8) is 0 Å². The Bertz CT molecular complexity index is 512. The third-order valence-electron chi connectivity index (χ3n) is 2.79. The molecule has 0 unspecified atom stereocenters. The van der Waals surface area contributed by atoms with Crippen LogP contribution in [0.1, 0.15) is 24.1 Å². The molecule has 4 nitrogen and oxygen atoms in total. The van der Waals surface area contributed by atoms with E-state index in [0.29, 0.717) is 18.4 Å². The van der Waals surface area contributed by atoms with Crippen molar-refractivity contribution < 1.29 is 18.0 Å². The van der Waals surface area contributed by atoms with Crippen LogP contribution in [-0.4, -0.2) is 17.1 Å². The first kappa shape index (κ1) is 12.4. The highest BCUT2D eigenvalue weighted by atomic mass is 19.4. The third-order valence-corrected chi connectivity index (χ3v) is 2.79. The fourth-order valence-corrected chi connectivity index (χ4v) is 1.64. The van der Waals surface area contributed by atoms with E-state index in [-0.39, 0.29) is 5.69 Å². The molecule has 1 saturated carbocycles. The molecule has 94 valence electrons. The zero-order valence-corrected chi connectivity index (χ0v) is 9.08. The van der Waals surface area contributed by atoms with E-state index in [1.54, 1.807) is 0 Å². The van der Waals surface area contributed by atoms with Crippen LogP contribution < -0.4 is 5.32 Å². The fourth-order valence-electron chi connectivity index (χ4n) is 1.64. The number of nitrogens with zero attached hydrogens (tertiary/aromatic N) is 2. The smallest absolute Gasteiger partial charge is 0.339 e. The molecular formula is C11H8F3N3O. The van der Waals surface area contributed by atoms with Gasteiger partial charge < -0.3 is 5.32 Å². The van der Waals surface area contributed by atoms with Gasteiger partial charge in [-0.1, -0.05) is 6.07 Å². The van der Waals surface area contributed by atoms with Crippen molar-refractivity contribution in [3.05, 3.63) is 29.6 Å². The first-order valence-corrected chi connectivity index (χ1v) is 5.13. The number of halogens is 3. The van der Waals surface area contributed by atoms with Gasteiger partial charge in [0.1, 0.15) is 11.8 Å². The predicted molar refractivity (Wildman–Crippen MR) is 54.1 cm³/mol. The van der Waals surface area contributed by atoms with E-state index in [0.717, 1.165) is 0 Å². The van der Waals surface area contributed by atoms with Crippen molar-refractivity contribution in [3.8, 4) is 6.07 Å². The summed E-state index contributed by atoms with van der Waals surface area (Å²) in [7, 11) is 0. The number of alkyl halides is 3. The predicted octanol–water partition coefficient (Wildman–Crippen LogP) is 1.62. The highest BCUT2D eigenvalue weighted by molar-refractivity contribution is 5.83. The molecule has 0 aromatic carbocycles. The summed E-state index contributed by atoms with van der Waals surface area (Å²) < 4.78 is 36.5. The number of hydrogen-bond acceptors (Lipinski definition) is 3. The van der Waals surface area contributed by atoms with Crippen LogP contribution in [0.4, 0.5) is 13.2 Å². The Kier molecular flexibility index (Phi) is 2.73. The lowest BCUT2D eigenvalue weighted by atomic mass is 10.1.